The maximum atomic E-state index is 10.4. The lowest BCUT2D eigenvalue weighted by molar-refractivity contribution is -0.384. The van der Waals surface area contributed by atoms with Gasteiger partial charge in [0.2, 0.25) is 0 Å². The van der Waals surface area contributed by atoms with Gasteiger partial charge in [-0.2, -0.15) is 10.5 Å². The van der Waals surface area contributed by atoms with E-state index in [0.717, 1.165) is 0 Å². The highest BCUT2D eigenvalue weighted by molar-refractivity contribution is 6.09. The molecule has 19 heavy (non-hydrogen) atoms. The molecule has 0 aliphatic rings. The first-order valence-corrected chi connectivity index (χ1v) is 5.04. The van der Waals surface area contributed by atoms with Gasteiger partial charge in [0.1, 0.15) is 24.5 Å². The number of rotatable bonds is 6. The van der Waals surface area contributed by atoms with Crippen LogP contribution >= 0.6 is 0 Å². The zero-order valence-corrected chi connectivity index (χ0v) is 9.65. The third kappa shape index (κ3) is 4.71. The van der Waals surface area contributed by atoms with Gasteiger partial charge in [-0.05, 0) is 12.1 Å². The number of nitriles is 2. The minimum Gasteiger partial charge on any atom is -0.490 e. The van der Waals surface area contributed by atoms with Crippen molar-refractivity contribution in [2.24, 2.45) is 5.16 Å². The molecule has 8 nitrogen and oxygen atoms in total. The summed E-state index contributed by atoms with van der Waals surface area (Å²) in [6.07, 6.45) is 0. The fourth-order valence-electron chi connectivity index (χ4n) is 1.04. The molecule has 96 valence electrons. The lowest BCUT2D eigenvalue weighted by atomic mass is 10.3. The molecule has 0 fully saturated rings. The first kappa shape index (κ1) is 13.9. The van der Waals surface area contributed by atoms with Gasteiger partial charge in [-0.25, -0.2) is 0 Å². The SMILES string of the molecule is N#CC(C#N)=NOCCOc1ccc([N+](=O)[O-])cc1. The van der Waals surface area contributed by atoms with Gasteiger partial charge in [-0.15, -0.1) is 0 Å². The molecule has 1 rings (SSSR count). The molecular formula is C11H8N4O4. The molecule has 8 heteroatoms. The number of ether oxygens (including phenoxy) is 1. The molecule has 0 amide bonds. The molecule has 0 aliphatic heterocycles. The Morgan fingerprint density at radius 2 is 1.89 bits per heavy atom. The van der Waals surface area contributed by atoms with E-state index >= 15 is 0 Å². The quantitative estimate of drug-likeness (QED) is 0.329. The second-order valence-corrected chi connectivity index (χ2v) is 3.10. The molecule has 1 aromatic carbocycles. The van der Waals surface area contributed by atoms with Crippen molar-refractivity contribution in [3.63, 3.8) is 0 Å². The Morgan fingerprint density at radius 3 is 2.42 bits per heavy atom. The van der Waals surface area contributed by atoms with E-state index < -0.39 is 4.92 Å². The molecule has 0 saturated heterocycles. The highest BCUT2D eigenvalue weighted by Crippen LogP contribution is 2.16. The van der Waals surface area contributed by atoms with Crippen molar-refractivity contribution >= 4 is 11.4 Å². The highest BCUT2D eigenvalue weighted by atomic mass is 16.6. The Labute approximate surface area is 108 Å². The van der Waals surface area contributed by atoms with Crippen LogP contribution in [0.3, 0.4) is 0 Å². The number of hydrogen-bond donors (Lipinski definition) is 0. The van der Waals surface area contributed by atoms with Crippen LogP contribution in [0, 0.1) is 32.8 Å². The molecule has 1 aromatic rings. The number of hydrogen-bond acceptors (Lipinski definition) is 7. The topological polar surface area (TPSA) is 122 Å². The Bertz CT molecular complexity index is 538. The van der Waals surface area contributed by atoms with Crippen LogP contribution in [-0.2, 0) is 4.84 Å². The monoisotopic (exact) mass is 260 g/mol. The van der Waals surface area contributed by atoms with E-state index in [1.54, 1.807) is 0 Å². The maximum absolute atomic E-state index is 10.4. The van der Waals surface area contributed by atoms with E-state index in [2.05, 4.69) is 9.99 Å². The number of benzene rings is 1. The van der Waals surface area contributed by atoms with Gasteiger partial charge in [0, 0.05) is 12.1 Å². The van der Waals surface area contributed by atoms with Gasteiger partial charge in [0.05, 0.1) is 4.92 Å². The van der Waals surface area contributed by atoms with Crippen LogP contribution < -0.4 is 4.74 Å². The summed E-state index contributed by atoms with van der Waals surface area (Å²) >= 11 is 0. The van der Waals surface area contributed by atoms with E-state index in [0.29, 0.717) is 5.75 Å². The van der Waals surface area contributed by atoms with Gasteiger partial charge in [-0.1, -0.05) is 5.16 Å². The fraction of sp³-hybridized carbons (Fsp3) is 0.182. The molecule has 0 aromatic heterocycles. The van der Waals surface area contributed by atoms with Crippen molar-refractivity contribution in [2.75, 3.05) is 13.2 Å². The molecule has 0 saturated carbocycles. The number of nitrogens with zero attached hydrogens (tertiary/aromatic N) is 4. The third-order valence-corrected chi connectivity index (χ3v) is 1.86. The van der Waals surface area contributed by atoms with Crippen molar-refractivity contribution in [3.8, 4) is 17.9 Å². The molecule has 0 spiro atoms. The van der Waals surface area contributed by atoms with E-state index in [1.807, 2.05) is 0 Å². The Hall–Kier alpha value is -3.13. The van der Waals surface area contributed by atoms with Gasteiger partial charge >= 0.3 is 0 Å². The van der Waals surface area contributed by atoms with Crippen molar-refractivity contribution in [3.05, 3.63) is 34.4 Å². The maximum Gasteiger partial charge on any atom is 0.269 e. The summed E-state index contributed by atoms with van der Waals surface area (Å²) in [5, 5.41) is 30.4. The third-order valence-electron chi connectivity index (χ3n) is 1.86. The molecule has 0 unspecified atom stereocenters. The van der Waals surface area contributed by atoms with E-state index in [-0.39, 0.29) is 24.6 Å². The minimum absolute atomic E-state index is 0.0270. The summed E-state index contributed by atoms with van der Waals surface area (Å²) in [4.78, 5) is 14.6. The lowest BCUT2D eigenvalue weighted by Crippen LogP contribution is -2.05. The molecule has 0 aliphatic carbocycles. The van der Waals surface area contributed by atoms with Crippen LogP contribution in [0.4, 0.5) is 5.69 Å². The second kappa shape index (κ2) is 7.25. The Kier molecular flexibility index (Phi) is 5.31. The Balaban J connectivity index is 2.35. The predicted molar refractivity (Wildman–Crippen MR) is 63.2 cm³/mol. The average molecular weight is 260 g/mol. The summed E-state index contributed by atoms with van der Waals surface area (Å²) in [6.45, 7) is 0.176. The summed E-state index contributed by atoms with van der Waals surface area (Å²) in [5.41, 5.74) is -0.406. The number of non-ortho nitro benzene ring substituents is 1. The van der Waals surface area contributed by atoms with Crippen molar-refractivity contribution in [1.29, 1.82) is 10.5 Å². The first-order chi connectivity index (χ1) is 9.17. The van der Waals surface area contributed by atoms with E-state index in [9.17, 15) is 10.1 Å². The zero-order chi connectivity index (χ0) is 14.1. The lowest BCUT2D eigenvalue weighted by Gasteiger charge is -2.04. The smallest absolute Gasteiger partial charge is 0.269 e. The summed E-state index contributed by atoms with van der Waals surface area (Å²) in [6, 6.07) is 8.62. The molecular weight excluding hydrogens is 252 g/mol. The molecule has 0 N–H and O–H groups in total. The zero-order valence-electron chi connectivity index (χ0n) is 9.65. The fourth-order valence-corrected chi connectivity index (χ4v) is 1.04. The van der Waals surface area contributed by atoms with Crippen molar-refractivity contribution < 1.29 is 14.5 Å². The van der Waals surface area contributed by atoms with Gasteiger partial charge in [0.15, 0.2) is 6.61 Å². The molecule has 0 bridgehead atoms. The molecule has 0 radical (unpaired) electrons. The van der Waals surface area contributed by atoms with Gasteiger partial charge < -0.3 is 9.57 Å². The van der Waals surface area contributed by atoms with Gasteiger partial charge in [0.25, 0.3) is 11.4 Å². The normalized spacial score (nSPS) is 8.74. The van der Waals surface area contributed by atoms with Crippen molar-refractivity contribution in [2.45, 2.75) is 0 Å². The number of nitro groups is 1. The summed E-state index contributed by atoms with van der Waals surface area (Å²) in [7, 11) is 0. The van der Waals surface area contributed by atoms with E-state index in [1.165, 1.54) is 36.4 Å². The summed E-state index contributed by atoms with van der Waals surface area (Å²) < 4.78 is 5.21. The first-order valence-electron chi connectivity index (χ1n) is 5.04. The van der Waals surface area contributed by atoms with Crippen LogP contribution in [0.15, 0.2) is 29.4 Å². The van der Waals surface area contributed by atoms with E-state index in [4.69, 9.17) is 15.3 Å². The molecule has 0 atom stereocenters. The number of nitro benzene ring substituents is 1. The van der Waals surface area contributed by atoms with Crippen LogP contribution in [-0.4, -0.2) is 23.8 Å². The Morgan fingerprint density at radius 1 is 1.26 bits per heavy atom. The predicted octanol–water partition coefficient (Wildman–Crippen LogP) is 1.39. The average Bonchev–Trinajstić information content (AvgIpc) is 2.43. The second-order valence-electron chi connectivity index (χ2n) is 3.10. The largest absolute Gasteiger partial charge is 0.490 e. The standard InChI is InChI=1S/C11H8N4O4/c12-7-9(8-13)14-19-6-5-18-11-3-1-10(2-4-11)15(16)17/h1-4H,5-6H2. The minimum atomic E-state index is -0.507. The van der Waals surface area contributed by atoms with Crippen LogP contribution in [0.1, 0.15) is 0 Å². The van der Waals surface area contributed by atoms with Crippen LogP contribution in [0.2, 0.25) is 0 Å². The van der Waals surface area contributed by atoms with Crippen LogP contribution in [0.25, 0.3) is 0 Å². The van der Waals surface area contributed by atoms with Crippen LogP contribution in [0.5, 0.6) is 5.75 Å². The molecule has 0 heterocycles. The highest BCUT2D eigenvalue weighted by Gasteiger charge is 2.04. The van der Waals surface area contributed by atoms with Gasteiger partial charge in [-0.3, -0.25) is 10.1 Å². The summed E-state index contributed by atoms with van der Waals surface area (Å²) in [5.74, 6) is 0.443. The van der Waals surface area contributed by atoms with Crippen molar-refractivity contribution in [1.82, 2.24) is 0 Å². The number of oxime groups is 1.